The number of hydrogen-bond acceptors (Lipinski definition) is 5. The third-order valence-electron chi connectivity index (χ3n) is 4.12. The van der Waals surface area contributed by atoms with Crippen LogP contribution in [0, 0.1) is 17.1 Å². The molecule has 0 fully saturated rings. The van der Waals surface area contributed by atoms with Crippen molar-refractivity contribution in [2.75, 3.05) is 11.1 Å². The van der Waals surface area contributed by atoms with Crippen LogP contribution >= 0.6 is 0 Å². The van der Waals surface area contributed by atoms with Crippen LogP contribution in [0.5, 0.6) is 0 Å². The van der Waals surface area contributed by atoms with Gasteiger partial charge in [0.05, 0.1) is 22.1 Å². The van der Waals surface area contributed by atoms with Crippen molar-refractivity contribution in [2.45, 2.75) is 22.8 Å². The minimum absolute atomic E-state index is 0.154. The van der Waals surface area contributed by atoms with Gasteiger partial charge in [-0.3, -0.25) is 4.79 Å². The van der Waals surface area contributed by atoms with E-state index in [4.69, 9.17) is 5.26 Å². The summed E-state index contributed by atoms with van der Waals surface area (Å²) in [6, 6.07) is 5.06. The first-order valence-corrected chi connectivity index (χ1v) is 9.87. The zero-order valence-electron chi connectivity index (χ0n) is 15.4. The number of benzene rings is 2. The molecule has 0 heterocycles. The summed E-state index contributed by atoms with van der Waals surface area (Å²) in [6.07, 6.45) is -11.0. The van der Waals surface area contributed by atoms with Crippen molar-refractivity contribution in [1.29, 1.82) is 5.26 Å². The summed E-state index contributed by atoms with van der Waals surface area (Å²) in [7, 11) is -5.02. The second-order valence-corrected chi connectivity index (χ2v) is 8.38. The van der Waals surface area contributed by atoms with Gasteiger partial charge in [0.1, 0.15) is 11.6 Å². The molecule has 0 saturated carbocycles. The fourth-order valence-corrected chi connectivity index (χ4v) is 4.03. The molecule has 1 unspecified atom stereocenters. The molecule has 1 atom stereocenters. The molecule has 0 aliphatic carbocycles. The quantitative estimate of drug-likeness (QED) is 0.500. The van der Waals surface area contributed by atoms with Gasteiger partial charge in [0, 0.05) is 5.69 Å². The molecule has 1 amide bonds. The van der Waals surface area contributed by atoms with E-state index in [2.05, 4.69) is 0 Å². The summed E-state index contributed by atoms with van der Waals surface area (Å²) in [5.74, 6) is -5.52. The third kappa shape index (κ3) is 5.17. The molecule has 0 spiro atoms. The predicted octanol–water partition coefficient (Wildman–Crippen LogP) is 3.42. The number of aliphatic hydroxyl groups is 1. The van der Waals surface area contributed by atoms with Crippen molar-refractivity contribution in [3.63, 3.8) is 0 Å². The lowest BCUT2D eigenvalue weighted by atomic mass is 10.0. The van der Waals surface area contributed by atoms with E-state index < -0.39 is 67.0 Å². The van der Waals surface area contributed by atoms with E-state index >= 15 is 0 Å². The maximum Gasteiger partial charge on any atom is 0.427 e. The SMILES string of the molecule is N#Cc1ccc(NC(=O)C(O)(CS(=O)(=O)c2ccc(F)cc2)C(F)(F)F)cc1C(F)(F)F. The van der Waals surface area contributed by atoms with Crippen LogP contribution in [-0.4, -0.2) is 37.0 Å². The monoisotopic (exact) mass is 484 g/mol. The molecule has 2 N–H and O–H groups in total. The number of sulfone groups is 1. The van der Waals surface area contributed by atoms with E-state index in [0.29, 0.717) is 36.4 Å². The molecule has 0 radical (unpaired) electrons. The molecule has 14 heteroatoms. The zero-order chi connectivity index (χ0) is 24.5. The van der Waals surface area contributed by atoms with Crippen LogP contribution in [-0.2, 0) is 20.8 Å². The number of alkyl halides is 6. The summed E-state index contributed by atoms with van der Waals surface area (Å²) in [5.41, 5.74) is -7.93. The molecule has 32 heavy (non-hydrogen) atoms. The number of rotatable bonds is 5. The number of hydrogen-bond donors (Lipinski definition) is 2. The summed E-state index contributed by atoms with van der Waals surface area (Å²) in [4.78, 5) is 11.4. The van der Waals surface area contributed by atoms with Gasteiger partial charge in [-0.25, -0.2) is 12.8 Å². The van der Waals surface area contributed by atoms with Gasteiger partial charge in [0.15, 0.2) is 9.84 Å². The van der Waals surface area contributed by atoms with Crippen LogP contribution in [0.4, 0.5) is 36.4 Å². The molecule has 6 nitrogen and oxygen atoms in total. The molecule has 0 aliphatic heterocycles. The Labute approximate surface area is 175 Å². The average molecular weight is 484 g/mol. The molecule has 0 aromatic heterocycles. The molecule has 0 bridgehead atoms. The lowest BCUT2D eigenvalue weighted by molar-refractivity contribution is -0.241. The fraction of sp³-hybridized carbons (Fsp3) is 0.222. The molecule has 2 aromatic carbocycles. The highest BCUT2D eigenvalue weighted by atomic mass is 32.2. The second-order valence-electron chi connectivity index (χ2n) is 6.40. The Hall–Kier alpha value is -3.18. The minimum Gasteiger partial charge on any atom is -0.372 e. The molecule has 2 rings (SSSR count). The fourth-order valence-electron chi connectivity index (χ4n) is 2.46. The van der Waals surface area contributed by atoms with Crippen LogP contribution in [0.1, 0.15) is 11.1 Å². The Morgan fingerprint density at radius 1 is 1.03 bits per heavy atom. The van der Waals surface area contributed by atoms with Crippen LogP contribution in [0.15, 0.2) is 47.4 Å². The smallest absolute Gasteiger partial charge is 0.372 e. The lowest BCUT2D eigenvalue weighted by Gasteiger charge is -2.29. The van der Waals surface area contributed by atoms with E-state index in [1.54, 1.807) is 0 Å². The summed E-state index contributed by atoms with van der Waals surface area (Å²) < 4.78 is 117. The van der Waals surface area contributed by atoms with Crippen molar-refractivity contribution in [3.8, 4) is 6.07 Å². The van der Waals surface area contributed by atoms with E-state index in [-0.39, 0.29) is 6.07 Å². The van der Waals surface area contributed by atoms with E-state index in [9.17, 15) is 49.1 Å². The Morgan fingerprint density at radius 3 is 2.06 bits per heavy atom. The number of anilines is 1. The first kappa shape index (κ1) is 25.1. The maximum atomic E-state index is 13.5. The van der Waals surface area contributed by atoms with Gasteiger partial charge in [-0.05, 0) is 42.5 Å². The van der Waals surface area contributed by atoms with Gasteiger partial charge >= 0.3 is 12.4 Å². The topological polar surface area (TPSA) is 107 Å². The zero-order valence-corrected chi connectivity index (χ0v) is 16.2. The van der Waals surface area contributed by atoms with Crippen molar-refractivity contribution < 1.29 is 49.1 Å². The highest BCUT2D eigenvalue weighted by Gasteiger charge is 2.62. The number of nitrogens with one attached hydrogen (secondary N) is 1. The van der Waals surface area contributed by atoms with Crippen molar-refractivity contribution >= 4 is 21.4 Å². The summed E-state index contributed by atoms with van der Waals surface area (Å²) >= 11 is 0. The third-order valence-corrected chi connectivity index (χ3v) is 5.91. The molecule has 0 aliphatic rings. The number of amides is 1. The Bertz CT molecular complexity index is 1170. The van der Waals surface area contributed by atoms with Gasteiger partial charge < -0.3 is 10.4 Å². The van der Waals surface area contributed by atoms with Crippen LogP contribution in [0.2, 0.25) is 0 Å². The Balaban J connectivity index is 2.45. The largest absolute Gasteiger partial charge is 0.427 e. The number of carbonyl (C=O) groups excluding carboxylic acids is 1. The van der Waals surface area contributed by atoms with Crippen LogP contribution < -0.4 is 5.32 Å². The Kier molecular flexibility index (Phi) is 6.58. The molecule has 0 saturated heterocycles. The normalized spacial score (nSPS) is 14.3. The van der Waals surface area contributed by atoms with Gasteiger partial charge in [0.25, 0.3) is 11.5 Å². The standard InChI is InChI=1S/C18H11F7N2O4S/c19-11-2-5-13(6-3-11)32(30,31)9-16(29,18(23,24)25)15(28)27-12-4-1-10(8-26)14(7-12)17(20,21)22/h1-7,29H,9H2,(H,27,28). The number of carbonyl (C=O) groups is 1. The van der Waals surface area contributed by atoms with Crippen molar-refractivity contribution in [2.24, 2.45) is 0 Å². The van der Waals surface area contributed by atoms with Crippen LogP contribution in [0.3, 0.4) is 0 Å². The number of nitriles is 1. The molecular weight excluding hydrogens is 473 g/mol. The highest BCUT2D eigenvalue weighted by Crippen LogP contribution is 2.36. The average Bonchev–Trinajstić information content (AvgIpc) is 2.66. The van der Waals surface area contributed by atoms with Crippen LogP contribution in [0.25, 0.3) is 0 Å². The number of halogens is 7. The number of nitrogens with zero attached hydrogens (tertiary/aromatic N) is 1. The van der Waals surface area contributed by atoms with Gasteiger partial charge in [-0.1, -0.05) is 0 Å². The first-order valence-electron chi connectivity index (χ1n) is 8.21. The van der Waals surface area contributed by atoms with Gasteiger partial charge in [0.2, 0.25) is 0 Å². The predicted molar refractivity (Wildman–Crippen MR) is 94.2 cm³/mol. The second kappa shape index (κ2) is 8.40. The molecule has 2 aromatic rings. The van der Waals surface area contributed by atoms with E-state index in [0.717, 1.165) is 0 Å². The van der Waals surface area contributed by atoms with Crippen molar-refractivity contribution in [1.82, 2.24) is 0 Å². The molecular formula is C18H11F7N2O4S. The van der Waals surface area contributed by atoms with Crippen molar-refractivity contribution in [3.05, 3.63) is 59.4 Å². The maximum absolute atomic E-state index is 13.5. The van der Waals surface area contributed by atoms with Gasteiger partial charge in [-0.2, -0.15) is 31.6 Å². The lowest BCUT2D eigenvalue weighted by Crippen LogP contribution is -2.59. The van der Waals surface area contributed by atoms with E-state index in [1.807, 2.05) is 0 Å². The minimum atomic E-state index is -5.87. The Morgan fingerprint density at radius 2 is 1.59 bits per heavy atom. The first-order chi connectivity index (χ1) is 14.5. The highest BCUT2D eigenvalue weighted by molar-refractivity contribution is 7.91. The summed E-state index contributed by atoms with van der Waals surface area (Å²) in [6.45, 7) is 0. The molecule has 172 valence electrons. The van der Waals surface area contributed by atoms with Gasteiger partial charge in [-0.15, -0.1) is 0 Å². The van der Waals surface area contributed by atoms with E-state index in [1.165, 1.54) is 11.4 Å². The summed E-state index contributed by atoms with van der Waals surface area (Å²) in [5, 5.41) is 20.1.